The van der Waals surface area contributed by atoms with Crippen LogP contribution in [0, 0.1) is 0 Å². The fraction of sp³-hybridized carbons (Fsp3) is 0.273. The van der Waals surface area contributed by atoms with Crippen molar-refractivity contribution in [2.75, 3.05) is 24.6 Å². The van der Waals surface area contributed by atoms with Gasteiger partial charge in [-0.2, -0.15) is 0 Å². The Hall–Kier alpha value is -2.72. The minimum Gasteiger partial charge on any atom is -0.301 e. The molecular weight excluding hydrogens is 324 g/mol. The summed E-state index contributed by atoms with van der Waals surface area (Å²) < 4.78 is 0. The highest BCUT2D eigenvalue weighted by Gasteiger charge is 2.33. The maximum Gasteiger partial charge on any atom is 0.196 e. The summed E-state index contributed by atoms with van der Waals surface area (Å²) in [4.78, 5) is 26.2. The standard InChI is InChI=1S/C22H22N2O2/c1-2-13-24(23-14-6-3-7-15-23)19-12-8-11-18-20(19)22(26)17-10-5-4-9-16(17)21(18)25/h2,4-5,8-12H,1,3,6-7,13-15H2. The summed E-state index contributed by atoms with van der Waals surface area (Å²) in [6, 6.07) is 12.7. The van der Waals surface area contributed by atoms with Crippen molar-refractivity contribution in [2.24, 2.45) is 0 Å². The molecule has 1 aliphatic heterocycles. The van der Waals surface area contributed by atoms with Gasteiger partial charge in [0.1, 0.15) is 0 Å². The quantitative estimate of drug-likeness (QED) is 0.673. The lowest BCUT2D eigenvalue weighted by atomic mass is 9.83. The Morgan fingerprint density at radius 2 is 1.54 bits per heavy atom. The number of fused-ring (bicyclic) bond motifs is 2. The molecule has 0 N–H and O–H groups in total. The van der Waals surface area contributed by atoms with Gasteiger partial charge in [0.15, 0.2) is 11.6 Å². The fourth-order valence-electron chi connectivity index (χ4n) is 3.95. The van der Waals surface area contributed by atoms with Gasteiger partial charge in [0.25, 0.3) is 0 Å². The molecule has 0 spiro atoms. The Labute approximate surface area is 153 Å². The highest BCUT2D eigenvalue weighted by Crippen LogP contribution is 2.34. The van der Waals surface area contributed by atoms with Crippen LogP contribution in [-0.4, -0.2) is 36.2 Å². The van der Waals surface area contributed by atoms with E-state index in [9.17, 15) is 9.59 Å². The number of hydrazine groups is 1. The van der Waals surface area contributed by atoms with Crippen molar-refractivity contribution in [3.05, 3.63) is 77.4 Å². The molecule has 1 aliphatic carbocycles. The van der Waals surface area contributed by atoms with Gasteiger partial charge in [0.2, 0.25) is 0 Å². The first kappa shape index (κ1) is 16.7. The van der Waals surface area contributed by atoms with Crippen LogP contribution in [0.2, 0.25) is 0 Å². The second-order valence-corrected chi connectivity index (χ2v) is 6.79. The molecule has 1 fully saturated rings. The largest absolute Gasteiger partial charge is 0.301 e. The van der Waals surface area contributed by atoms with E-state index in [1.54, 1.807) is 24.3 Å². The first-order chi connectivity index (χ1) is 12.7. The molecule has 0 atom stereocenters. The molecule has 2 aliphatic rings. The van der Waals surface area contributed by atoms with Gasteiger partial charge in [-0.25, -0.2) is 5.01 Å². The smallest absolute Gasteiger partial charge is 0.196 e. The van der Waals surface area contributed by atoms with Gasteiger partial charge in [-0.1, -0.05) is 48.9 Å². The molecule has 0 aromatic heterocycles. The molecule has 0 bridgehead atoms. The van der Waals surface area contributed by atoms with Crippen molar-refractivity contribution < 1.29 is 9.59 Å². The molecular formula is C22H22N2O2. The molecule has 4 nitrogen and oxygen atoms in total. The zero-order valence-electron chi connectivity index (χ0n) is 14.8. The van der Waals surface area contributed by atoms with Crippen LogP contribution in [0.5, 0.6) is 0 Å². The van der Waals surface area contributed by atoms with Gasteiger partial charge in [-0.3, -0.25) is 9.59 Å². The predicted molar refractivity (Wildman–Crippen MR) is 103 cm³/mol. The molecule has 2 aromatic carbocycles. The first-order valence-corrected chi connectivity index (χ1v) is 9.17. The highest BCUT2D eigenvalue weighted by molar-refractivity contribution is 6.30. The molecule has 1 saturated heterocycles. The third-order valence-electron chi connectivity index (χ3n) is 5.18. The molecule has 4 rings (SSSR count). The number of piperidine rings is 1. The van der Waals surface area contributed by atoms with Gasteiger partial charge < -0.3 is 5.01 Å². The minimum absolute atomic E-state index is 0.0723. The topological polar surface area (TPSA) is 40.6 Å². The summed E-state index contributed by atoms with van der Waals surface area (Å²) >= 11 is 0. The lowest BCUT2D eigenvalue weighted by molar-refractivity contribution is 0.0978. The fourth-order valence-corrected chi connectivity index (χ4v) is 3.95. The van der Waals surface area contributed by atoms with Crippen molar-refractivity contribution in [1.29, 1.82) is 0 Å². The summed E-state index contributed by atoms with van der Waals surface area (Å²) in [5.74, 6) is -0.147. The van der Waals surface area contributed by atoms with Gasteiger partial charge in [0, 0.05) is 29.8 Å². The number of carbonyl (C=O) groups excluding carboxylic acids is 2. The van der Waals surface area contributed by atoms with Crippen LogP contribution < -0.4 is 5.01 Å². The number of rotatable bonds is 4. The van der Waals surface area contributed by atoms with Crippen molar-refractivity contribution in [3.8, 4) is 0 Å². The van der Waals surface area contributed by atoms with Crippen molar-refractivity contribution in [1.82, 2.24) is 5.01 Å². The highest BCUT2D eigenvalue weighted by atomic mass is 16.1. The van der Waals surface area contributed by atoms with Gasteiger partial charge in [-0.05, 0) is 18.9 Å². The molecule has 2 aromatic rings. The number of nitrogens with zero attached hydrogens (tertiary/aromatic N) is 2. The van der Waals surface area contributed by atoms with E-state index >= 15 is 0 Å². The molecule has 132 valence electrons. The summed E-state index contributed by atoms with van der Waals surface area (Å²) in [7, 11) is 0. The molecule has 0 amide bonds. The number of benzene rings is 2. The van der Waals surface area contributed by atoms with E-state index in [1.807, 2.05) is 24.3 Å². The Balaban J connectivity index is 1.85. The number of ketones is 2. The summed E-state index contributed by atoms with van der Waals surface area (Å²) in [6.45, 7) is 6.40. The van der Waals surface area contributed by atoms with Crippen LogP contribution in [0.4, 0.5) is 5.69 Å². The van der Waals surface area contributed by atoms with Crippen LogP contribution in [0.1, 0.15) is 51.1 Å². The summed E-state index contributed by atoms with van der Waals surface area (Å²) in [6.07, 6.45) is 5.35. The van der Waals surface area contributed by atoms with E-state index in [1.165, 1.54) is 6.42 Å². The lowest BCUT2D eigenvalue weighted by Crippen LogP contribution is -2.46. The number of hydrogen-bond donors (Lipinski definition) is 0. The maximum atomic E-state index is 13.2. The van der Waals surface area contributed by atoms with Crippen molar-refractivity contribution in [3.63, 3.8) is 0 Å². The van der Waals surface area contributed by atoms with E-state index in [2.05, 4.69) is 16.6 Å². The van der Waals surface area contributed by atoms with Crippen LogP contribution in [0.3, 0.4) is 0 Å². The Kier molecular flexibility index (Phi) is 4.43. The first-order valence-electron chi connectivity index (χ1n) is 9.17. The molecule has 26 heavy (non-hydrogen) atoms. The molecule has 0 unspecified atom stereocenters. The molecule has 1 heterocycles. The Morgan fingerprint density at radius 3 is 2.23 bits per heavy atom. The predicted octanol–water partition coefficient (Wildman–Crippen LogP) is 3.86. The van der Waals surface area contributed by atoms with E-state index < -0.39 is 0 Å². The third-order valence-corrected chi connectivity index (χ3v) is 5.18. The van der Waals surface area contributed by atoms with Crippen molar-refractivity contribution >= 4 is 17.3 Å². The van der Waals surface area contributed by atoms with E-state index in [0.717, 1.165) is 31.6 Å². The second-order valence-electron chi connectivity index (χ2n) is 6.79. The maximum absolute atomic E-state index is 13.2. The van der Waals surface area contributed by atoms with Crippen LogP contribution in [0.15, 0.2) is 55.1 Å². The SMILES string of the molecule is C=CCN(c1cccc2c1C(=O)c1ccccc1C2=O)N1CCCCC1. The van der Waals surface area contributed by atoms with Gasteiger partial charge in [0.05, 0.1) is 17.8 Å². The van der Waals surface area contributed by atoms with Crippen molar-refractivity contribution in [2.45, 2.75) is 19.3 Å². The zero-order chi connectivity index (χ0) is 18.1. The number of carbonyl (C=O) groups is 2. The normalized spacial score (nSPS) is 16.8. The third kappa shape index (κ3) is 2.67. The molecule has 4 heteroatoms. The Morgan fingerprint density at radius 1 is 0.885 bits per heavy atom. The lowest BCUT2D eigenvalue weighted by Gasteiger charge is -2.39. The summed E-state index contributed by atoms with van der Waals surface area (Å²) in [5.41, 5.74) is 2.81. The average Bonchev–Trinajstić information content (AvgIpc) is 2.70. The van der Waals surface area contributed by atoms with E-state index in [0.29, 0.717) is 28.8 Å². The number of hydrogen-bond acceptors (Lipinski definition) is 4. The second kappa shape index (κ2) is 6.89. The van der Waals surface area contributed by atoms with Gasteiger partial charge in [-0.15, -0.1) is 6.58 Å². The van der Waals surface area contributed by atoms with Crippen LogP contribution in [0.25, 0.3) is 0 Å². The average molecular weight is 346 g/mol. The van der Waals surface area contributed by atoms with Crippen LogP contribution in [-0.2, 0) is 0 Å². The number of anilines is 1. The monoisotopic (exact) mass is 346 g/mol. The van der Waals surface area contributed by atoms with Gasteiger partial charge >= 0.3 is 0 Å². The zero-order valence-corrected chi connectivity index (χ0v) is 14.8. The van der Waals surface area contributed by atoms with Crippen LogP contribution >= 0.6 is 0 Å². The van der Waals surface area contributed by atoms with E-state index in [-0.39, 0.29) is 11.6 Å². The van der Waals surface area contributed by atoms with E-state index in [4.69, 9.17) is 0 Å². The molecule has 0 radical (unpaired) electrons. The Bertz CT molecular complexity index is 881. The molecule has 0 saturated carbocycles. The minimum atomic E-state index is -0.0748. The summed E-state index contributed by atoms with van der Waals surface area (Å²) in [5, 5.41) is 4.39.